The molecular formula is C25H27ClF3N4O5+. The fourth-order valence-electron chi connectivity index (χ4n) is 5.31. The molecule has 9 nitrogen and oxygen atoms in total. The number of carbonyl (C=O) groups is 3. The Morgan fingerprint density at radius 1 is 1.29 bits per heavy atom. The molecule has 4 N–H and O–H groups in total. The van der Waals surface area contributed by atoms with Gasteiger partial charge in [0.25, 0.3) is 0 Å². The summed E-state index contributed by atoms with van der Waals surface area (Å²) in [5.74, 6) is 0. The zero-order chi connectivity index (χ0) is 27.8. The number of amides is 4. The Hall–Kier alpha value is -3.51. The van der Waals surface area contributed by atoms with Gasteiger partial charge in [-0.1, -0.05) is 29.8 Å². The Balaban J connectivity index is 1.79. The van der Waals surface area contributed by atoms with Gasteiger partial charge in [0.2, 0.25) is 0 Å². The van der Waals surface area contributed by atoms with E-state index < -0.39 is 57.2 Å². The van der Waals surface area contributed by atoms with E-state index in [0.717, 1.165) is 17.7 Å². The summed E-state index contributed by atoms with van der Waals surface area (Å²) < 4.78 is 45.2. The molecule has 0 saturated carbocycles. The number of fused-ring (bicyclic) bond motifs is 1. The second-order valence-corrected chi connectivity index (χ2v) is 9.67. The van der Waals surface area contributed by atoms with Crippen LogP contribution in [0.15, 0.2) is 36.4 Å². The lowest BCUT2D eigenvalue weighted by Gasteiger charge is -2.44. The Labute approximate surface area is 221 Å². The van der Waals surface area contributed by atoms with E-state index in [4.69, 9.17) is 22.1 Å². The van der Waals surface area contributed by atoms with Crippen LogP contribution in [0.5, 0.6) is 0 Å². The van der Waals surface area contributed by atoms with Crippen LogP contribution < -0.4 is 11.1 Å². The highest BCUT2D eigenvalue weighted by molar-refractivity contribution is 6.33. The number of ether oxygens (including phenoxy) is 1. The van der Waals surface area contributed by atoms with Crippen LogP contribution in [0.4, 0.5) is 38.9 Å². The van der Waals surface area contributed by atoms with Gasteiger partial charge in [-0.3, -0.25) is 0 Å². The van der Waals surface area contributed by atoms with Crippen molar-refractivity contribution in [1.82, 2.24) is 4.90 Å². The highest BCUT2D eigenvalue weighted by Gasteiger charge is 2.58. The monoisotopic (exact) mass is 555 g/mol. The van der Waals surface area contributed by atoms with Gasteiger partial charge < -0.3 is 25.8 Å². The number of hydrogen-bond donors (Lipinski definition) is 3. The third kappa shape index (κ3) is 4.85. The maximum Gasteiger partial charge on any atom is 0.527 e. The SMILES string of the molecule is CCOC(=O)[N@+]1(C(=O)O)CCC(N2CCc3ccccc3NC2=O)CC1c1cc(Cl)c(N)c(C(F)(F)F)c1. The van der Waals surface area contributed by atoms with Crippen LogP contribution in [-0.2, 0) is 17.3 Å². The molecule has 204 valence electrons. The summed E-state index contributed by atoms with van der Waals surface area (Å²) >= 11 is 6.07. The smallest absolute Gasteiger partial charge is 0.435 e. The van der Waals surface area contributed by atoms with Crippen LogP contribution in [-0.4, -0.2) is 58.4 Å². The van der Waals surface area contributed by atoms with E-state index in [9.17, 15) is 32.7 Å². The van der Waals surface area contributed by atoms with Gasteiger partial charge in [-0.25, -0.2) is 4.79 Å². The van der Waals surface area contributed by atoms with Crippen LogP contribution in [0.25, 0.3) is 0 Å². The van der Waals surface area contributed by atoms with E-state index in [2.05, 4.69) is 5.32 Å². The third-order valence-electron chi connectivity index (χ3n) is 7.20. The average Bonchev–Trinajstić information content (AvgIpc) is 3.02. The fraction of sp³-hybridized carbons (Fsp3) is 0.400. The molecule has 38 heavy (non-hydrogen) atoms. The minimum Gasteiger partial charge on any atom is -0.435 e. The molecule has 2 aliphatic rings. The summed E-state index contributed by atoms with van der Waals surface area (Å²) in [6, 6.07) is 6.80. The zero-order valence-electron chi connectivity index (χ0n) is 20.4. The molecule has 0 spiro atoms. The second-order valence-electron chi connectivity index (χ2n) is 9.26. The summed E-state index contributed by atoms with van der Waals surface area (Å²) in [5.41, 5.74) is 5.07. The highest BCUT2D eigenvalue weighted by atomic mass is 35.5. The molecule has 4 rings (SSSR count). The molecule has 3 atom stereocenters. The number of nitrogens with zero attached hydrogens (tertiary/aromatic N) is 2. The second kappa shape index (κ2) is 10.3. The quantitative estimate of drug-likeness (QED) is 0.321. The molecule has 2 aromatic carbocycles. The molecule has 0 bridgehead atoms. The van der Waals surface area contributed by atoms with Crippen molar-refractivity contribution in [3.63, 3.8) is 0 Å². The van der Waals surface area contributed by atoms with Gasteiger partial charge in [0.1, 0.15) is 12.6 Å². The number of rotatable bonds is 3. The molecule has 1 fully saturated rings. The van der Waals surface area contributed by atoms with Crippen LogP contribution >= 0.6 is 11.6 Å². The van der Waals surface area contributed by atoms with E-state index in [0.29, 0.717) is 18.7 Å². The molecule has 0 aliphatic carbocycles. The Morgan fingerprint density at radius 2 is 2.00 bits per heavy atom. The van der Waals surface area contributed by atoms with Crippen molar-refractivity contribution in [1.29, 1.82) is 0 Å². The predicted molar refractivity (Wildman–Crippen MR) is 133 cm³/mol. The number of nitrogens with two attached hydrogens (primary N) is 1. The van der Waals surface area contributed by atoms with Crippen molar-refractivity contribution >= 4 is 41.2 Å². The number of likely N-dealkylation sites (tertiary alicyclic amines) is 1. The number of para-hydroxylation sites is 1. The molecule has 2 unspecified atom stereocenters. The summed E-state index contributed by atoms with van der Waals surface area (Å²) in [6.45, 7) is 1.34. The van der Waals surface area contributed by atoms with Gasteiger partial charge in [-0.2, -0.15) is 22.8 Å². The van der Waals surface area contributed by atoms with Crippen LogP contribution in [0.1, 0.15) is 42.5 Å². The number of nitrogen functional groups attached to an aromatic ring is 1. The molecule has 1 saturated heterocycles. The molecule has 0 aromatic heterocycles. The summed E-state index contributed by atoms with van der Waals surface area (Å²) in [7, 11) is 0. The first-order chi connectivity index (χ1) is 17.9. The highest BCUT2D eigenvalue weighted by Crippen LogP contribution is 2.45. The lowest BCUT2D eigenvalue weighted by atomic mass is 9.87. The van der Waals surface area contributed by atoms with Gasteiger partial charge in [0.05, 0.1) is 22.9 Å². The van der Waals surface area contributed by atoms with E-state index in [1.165, 1.54) is 11.8 Å². The number of carbonyl (C=O) groups excluding carboxylic acids is 2. The number of alkyl halides is 3. The largest absolute Gasteiger partial charge is 0.527 e. The van der Waals surface area contributed by atoms with Crippen molar-refractivity contribution in [2.75, 3.05) is 30.7 Å². The maximum absolute atomic E-state index is 13.8. The Morgan fingerprint density at radius 3 is 2.66 bits per heavy atom. The third-order valence-corrected chi connectivity index (χ3v) is 7.51. The molecule has 2 aliphatic heterocycles. The van der Waals surface area contributed by atoms with Gasteiger partial charge >= 0.3 is 24.4 Å². The Kier molecular flexibility index (Phi) is 7.48. The Bertz CT molecular complexity index is 1270. The van der Waals surface area contributed by atoms with Crippen LogP contribution in [0.3, 0.4) is 0 Å². The number of halogens is 4. The van der Waals surface area contributed by atoms with E-state index in [1.54, 1.807) is 12.1 Å². The van der Waals surface area contributed by atoms with E-state index >= 15 is 0 Å². The van der Waals surface area contributed by atoms with E-state index in [1.807, 2.05) is 12.1 Å². The number of benzene rings is 2. The van der Waals surface area contributed by atoms with Gasteiger partial charge in [0.15, 0.2) is 0 Å². The molecule has 13 heteroatoms. The van der Waals surface area contributed by atoms with Crippen molar-refractivity contribution in [2.45, 2.75) is 44.4 Å². The van der Waals surface area contributed by atoms with E-state index in [-0.39, 0.29) is 31.6 Å². The average molecular weight is 556 g/mol. The first-order valence-corrected chi connectivity index (χ1v) is 12.4. The summed E-state index contributed by atoms with van der Waals surface area (Å²) in [6.07, 6.45) is -7.10. The lowest BCUT2D eigenvalue weighted by molar-refractivity contribution is -0.825. The number of nitrogens with one attached hydrogen (secondary N) is 1. The normalized spacial score (nSPS) is 23.7. The lowest BCUT2D eigenvalue weighted by Crippen LogP contribution is -2.64. The predicted octanol–water partition coefficient (Wildman–Crippen LogP) is 5.89. The number of urea groups is 1. The van der Waals surface area contributed by atoms with Gasteiger partial charge in [-0.05, 0) is 37.1 Å². The number of imide groups is 1. The first-order valence-electron chi connectivity index (χ1n) is 12.0. The summed E-state index contributed by atoms with van der Waals surface area (Å²) in [4.78, 5) is 40.5. The van der Waals surface area contributed by atoms with Crippen molar-refractivity contribution in [3.8, 4) is 0 Å². The maximum atomic E-state index is 13.8. The molecule has 2 heterocycles. The molecular weight excluding hydrogens is 529 g/mol. The topological polar surface area (TPSA) is 122 Å². The number of anilines is 2. The molecule has 4 amide bonds. The minimum absolute atomic E-state index is 0.0974. The number of carboxylic acid groups (broad SMARTS) is 1. The fourth-order valence-corrected chi connectivity index (χ4v) is 5.53. The van der Waals surface area contributed by atoms with Gasteiger partial charge in [-0.15, -0.1) is 4.48 Å². The van der Waals surface area contributed by atoms with Crippen LogP contribution in [0, 0.1) is 0 Å². The number of hydrogen-bond acceptors (Lipinski definition) is 5. The standard InChI is InChI=1S/C25H26ClF3N4O5/c1-2-38-24(37)33(23(35)36)10-8-16(32-9-7-14-5-3-4-6-19(14)31-22(32)34)13-20(33)15-11-17(25(27,28)29)21(30)18(26)12-15/h3-6,11-12,16,20H,2,7-10,13,30H2,1H3,(H-,31,34,35,36)/p+1/t16?,20?,33-/m1/s1. The van der Waals surface area contributed by atoms with Gasteiger partial charge in [0, 0.05) is 36.7 Å². The van der Waals surface area contributed by atoms with Crippen LogP contribution in [0.2, 0.25) is 5.02 Å². The first kappa shape index (κ1) is 27.5. The zero-order valence-corrected chi connectivity index (χ0v) is 21.2. The van der Waals surface area contributed by atoms with Crippen molar-refractivity contribution in [2.24, 2.45) is 0 Å². The van der Waals surface area contributed by atoms with Crippen molar-refractivity contribution in [3.05, 3.63) is 58.1 Å². The molecule has 0 radical (unpaired) electrons. The van der Waals surface area contributed by atoms with Crippen molar-refractivity contribution < 1.29 is 41.9 Å². The minimum atomic E-state index is -4.88. The number of quaternary nitrogens is 1. The summed E-state index contributed by atoms with van der Waals surface area (Å²) in [5, 5.41) is 12.7. The molecule has 2 aromatic rings. The number of piperidine rings is 1.